The number of hydrogen-bond acceptors (Lipinski definition) is 4. The fourth-order valence-corrected chi connectivity index (χ4v) is 4.21. The van der Waals surface area contributed by atoms with Gasteiger partial charge in [-0.25, -0.2) is 8.42 Å². The number of carbonyl (C=O) groups excluding carboxylic acids is 2. The van der Waals surface area contributed by atoms with E-state index in [1.54, 1.807) is 30.3 Å². The van der Waals surface area contributed by atoms with Crippen LogP contribution in [-0.4, -0.2) is 39.1 Å². The number of nitrogens with one attached hydrogen (secondary N) is 2. The molecule has 0 unspecified atom stereocenters. The number of para-hydroxylation sites is 1. The predicted molar refractivity (Wildman–Crippen MR) is 125 cm³/mol. The van der Waals surface area contributed by atoms with Gasteiger partial charge in [0.1, 0.15) is 0 Å². The molecule has 2 aromatic carbocycles. The lowest BCUT2D eigenvalue weighted by Crippen LogP contribution is -2.32. The van der Waals surface area contributed by atoms with Crippen molar-refractivity contribution >= 4 is 33.2 Å². The molecule has 31 heavy (non-hydrogen) atoms. The lowest BCUT2D eigenvalue weighted by molar-refractivity contribution is -0.116. The van der Waals surface area contributed by atoms with Crippen molar-refractivity contribution in [2.24, 2.45) is 0 Å². The van der Waals surface area contributed by atoms with Crippen molar-refractivity contribution in [1.29, 1.82) is 0 Å². The van der Waals surface area contributed by atoms with Crippen LogP contribution in [0.15, 0.2) is 42.5 Å². The minimum absolute atomic E-state index is 0.0247. The summed E-state index contributed by atoms with van der Waals surface area (Å²) in [4.78, 5) is 24.8. The van der Waals surface area contributed by atoms with Gasteiger partial charge in [-0.2, -0.15) is 0 Å². The zero-order valence-corrected chi connectivity index (χ0v) is 19.5. The topological polar surface area (TPSA) is 95.6 Å². The van der Waals surface area contributed by atoms with Gasteiger partial charge in [-0.1, -0.05) is 24.3 Å². The molecule has 0 radical (unpaired) electrons. The van der Waals surface area contributed by atoms with Crippen molar-refractivity contribution in [3.8, 4) is 0 Å². The quantitative estimate of drug-likeness (QED) is 0.616. The molecule has 0 atom stereocenters. The highest BCUT2D eigenvalue weighted by Gasteiger charge is 2.20. The van der Waals surface area contributed by atoms with Crippen LogP contribution in [0.1, 0.15) is 48.2 Å². The maximum atomic E-state index is 12.5. The van der Waals surface area contributed by atoms with Crippen LogP contribution in [-0.2, 0) is 14.8 Å². The Labute approximate surface area is 184 Å². The van der Waals surface area contributed by atoms with Crippen LogP contribution in [0.2, 0.25) is 0 Å². The average molecular weight is 446 g/mol. The fraction of sp³-hybridized carbons (Fsp3) is 0.391. The number of benzene rings is 2. The first-order valence-corrected chi connectivity index (χ1v) is 12.1. The molecule has 0 aliphatic carbocycles. The Bertz CT molecular complexity index is 1050. The minimum Gasteiger partial charge on any atom is -0.350 e. The van der Waals surface area contributed by atoms with Gasteiger partial charge < -0.3 is 10.6 Å². The molecule has 0 spiro atoms. The maximum absolute atomic E-state index is 12.5. The van der Waals surface area contributed by atoms with Crippen molar-refractivity contribution < 1.29 is 18.0 Å². The maximum Gasteiger partial charge on any atom is 0.253 e. The molecule has 168 valence electrons. The lowest BCUT2D eigenvalue weighted by atomic mass is 10.1. The van der Waals surface area contributed by atoms with Crippen molar-refractivity contribution in [2.45, 2.75) is 46.6 Å². The first-order valence-electron chi connectivity index (χ1n) is 10.2. The third-order valence-electron chi connectivity index (χ3n) is 4.88. The first-order chi connectivity index (χ1) is 14.5. The largest absolute Gasteiger partial charge is 0.350 e. The van der Waals surface area contributed by atoms with Crippen LogP contribution in [0.4, 0.5) is 11.4 Å². The molecule has 0 aliphatic rings. The fourth-order valence-electron chi connectivity index (χ4n) is 3.20. The summed E-state index contributed by atoms with van der Waals surface area (Å²) in [6.45, 7) is 7.73. The van der Waals surface area contributed by atoms with Gasteiger partial charge in [0.2, 0.25) is 15.9 Å². The van der Waals surface area contributed by atoms with Crippen molar-refractivity contribution in [1.82, 2.24) is 5.32 Å². The minimum atomic E-state index is -3.49. The van der Waals surface area contributed by atoms with Gasteiger partial charge in [-0.15, -0.1) is 0 Å². The van der Waals surface area contributed by atoms with E-state index < -0.39 is 10.0 Å². The van der Waals surface area contributed by atoms with Crippen LogP contribution in [0, 0.1) is 13.8 Å². The summed E-state index contributed by atoms with van der Waals surface area (Å²) < 4.78 is 26.0. The van der Waals surface area contributed by atoms with Crippen LogP contribution in [0.25, 0.3) is 0 Å². The molecule has 2 aromatic rings. The Kier molecular flexibility index (Phi) is 8.21. The average Bonchev–Trinajstić information content (AvgIpc) is 2.67. The summed E-state index contributed by atoms with van der Waals surface area (Å²) in [5.41, 5.74) is 3.33. The Balaban J connectivity index is 2.06. The van der Waals surface area contributed by atoms with Crippen molar-refractivity contribution in [3.63, 3.8) is 0 Å². The molecule has 0 saturated heterocycles. The van der Waals surface area contributed by atoms with E-state index in [1.165, 1.54) is 10.6 Å². The Morgan fingerprint density at radius 3 is 2.35 bits per heavy atom. The molecular formula is C23H31N3O4S. The normalized spacial score (nSPS) is 11.3. The second-order valence-electron chi connectivity index (χ2n) is 7.88. The van der Waals surface area contributed by atoms with Gasteiger partial charge in [-0.05, 0) is 63.4 Å². The number of rotatable bonds is 9. The number of sulfonamides is 1. The summed E-state index contributed by atoms with van der Waals surface area (Å²) in [6, 6.07) is 12.3. The van der Waals surface area contributed by atoms with E-state index >= 15 is 0 Å². The van der Waals surface area contributed by atoms with Crippen LogP contribution >= 0.6 is 0 Å². The molecule has 8 heteroatoms. The monoisotopic (exact) mass is 445 g/mol. The SMILES string of the molecule is Cc1cccc(N(CCCC(=O)Nc2ccccc2C(=O)NC(C)C)S(C)(=O)=O)c1C. The molecule has 0 heterocycles. The second-order valence-corrected chi connectivity index (χ2v) is 9.79. The molecule has 0 aliphatic heterocycles. The first kappa shape index (κ1) is 24.4. The standard InChI is InChI=1S/C23H31N3O4S/c1-16(2)24-23(28)19-11-6-7-12-20(19)25-22(27)14-9-15-26(31(5,29)30)21-13-8-10-17(3)18(21)4/h6-8,10-13,16H,9,14-15H2,1-5H3,(H,24,28)(H,25,27). The number of anilines is 2. The number of hydrogen-bond donors (Lipinski definition) is 2. The van der Waals surface area contributed by atoms with Crippen LogP contribution < -0.4 is 14.9 Å². The summed E-state index contributed by atoms with van der Waals surface area (Å²) in [7, 11) is -3.49. The van der Waals surface area contributed by atoms with Gasteiger partial charge in [0.25, 0.3) is 5.91 Å². The van der Waals surface area contributed by atoms with E-state index in [-0.39, 0.29) is 30.8 Å². The van der Waals surface area contributed by atoms with Crippen molar-refractivity contribution in [3.05, 3.63) is 59.2 Å². The zero-order valence-electron chi connectivity index (χ0n) is 18.7. The molecular weight excluding hydrogens is 414 g/mol. The molecule has 0 bridgehead atoms. The Morgan fingerprint density at radius 1 is 1.03 bits per heavy atom. The predicted octanol–water partition coefficient (Wildman–Crippen LogP) is 3.63. The van der Waals surface area contributed by atoms with E-state index in [0.717, 1.165) is 11.1 Å². The summed E-state index contributed by atoms with van der Waals surface area (Å²) in [5, 5.41) is 5.58. The van der Waals surface area contributed by atoms with E-state index in [2.05, 4.69) is 10.6 Å². The van der Waals surface area contributed by atoms with Gasteiger partial charge in [0.05, 0.1) is 23.2 Å². The molecule has 7 nitrogen and oxygen atoms in total. The van der Waals surface area contributed by atoms with Crippen molar-refractivity contribution in [2.75, 3.05) is 22.4 Å². The highest BCUT2D eigenvalue weighted by molar-refractivity contribution is 7.92. The molecule has 0 saturated carbocycles. The second kappa shape index (κ2) is 10.4. The van der Waals surface area contributed by atoms with Gasteiger partial charge in [0, 0.05) is 19.0 Å². The third-order valence-corrected chi connectivity index (χ3v) is 6.06. The van der Waals surface area contributed by atoms with Gasteiger partial charge in [0.15, 0.2) is 0 Å². The smallest absolute Gasteiger partial charge is 0.253 e. The highest BCUT2D eigenvalue weighted by atomic mass is 32.2. The zero-order chi connectivity index (χ0) is 23.2. The van der Waals surface area contributed by atoms with Crippen LogP contribution in [0.3, 0.4) is 0 Å². The molecule has 2 amide bonds. The number of nitrogens with zero attached hydrogens (tertiary/aromatic N) is 1. The summed E-state index contributed by atoms with van der Waals surface area (Å²) in [6.07, 6.45) is 1.63. The molecule has 2 rings (SSSR count). The van der Waals surface area contributed by atoms with Gasteiger partial charge >= 0.3 is 0 Å². The van der Waals surface area contributed by atoms with Gasteiger partial charge in [-0.3, -0.25) is 13.9 Å². The highest BCUT2D eigenvalue weighted by Crippen LogP contribution is 2.25. The number of carbonyl (C=O) groups is 2. The Morgan fingerprint density at radius 2 is 1.71 bits per heavy atom. The summed E-state index contributed by atoms with van der Waals surface area (Å²) in [5.74, 6) is -0.539. The van der Waals surface area contributed by atoms with Crippen LogP contribution in [0.5, 0.6) is 0 Å². The molecule has 2 N–H and O–H groups in total. The van der Waals surface area contributed by atoms with E-state index in [9.17, 15) is 18.0 Å². The van der Waals surface area contributed by atoms with E-state index in [0.29, 0.717) is 23.4 Å². The van der Waals surface area contributed by atoms with E-state index in [4.69, 9.17) is 0 Å². The Hall–Kier alpha value is -2.87. The molecule has 0 fully saturated rings. The summed E-state index contributed by atoms with van der Waals surface area (Å²) >= 11 is 0. The molecule has 0 aromatic heterocycles. The lowest BCUT2D eigenvalue weighted by Gasteiger charge is -2.25. The third kappa shape index (κ3) is 6.82. The number of amides is 2. The van der Waals surface area contributed by atoms with E-state index in [1.807, 2.05) is 39.8 Å². The number of aryl methyl sites for hydroxylation is 1.